The molecular weight excluding hydrogens is 302 g/mol. The van der Waals surface area contributed by atoms with Gasteiger partial charge in [-0.05, 0) is 56.6 Å². The molecule has 2 aliphatic rings. The Morgan fingerprint density at radius 1 is 1.21 bits per heavy atom. The second-order valence-electron chi connectivity index (χ2n) is 6.99. The van der Waals surface area contributed by atoms with Crippen molar-refractivity contribution < 1.29 is 0 Å². The van der Waals surface area contributed by atoms with Gasteiger partial charge in [-0.1, -0.05) is 0 Å². The van der Waals surface area contributed by atoms with Gasteiger partial charge in [-0.2, -0.15) is 5.10 Å². The van der Waals surface area contributed by atoms with Gasteiger partial charge in [0.1, 0.15) is 0 Å². The van der Waals surface area contributed by atoms with Crippen LogP contribution in [-0.2, 0) is 19.4 Å². The van der Waals surface area contributed by atoms with Crippen LogP contribution in [0.2, 0.25) is 0 Å². The molecule has 0 aromatic carbocycles. The minimum Gasteiger partial charge on any atom is -0.355 e. The van der Waals surface area contributed by atoms with Crippen molar-refractivity contribution in [1.82, 2.24) is 19.7 Å². The first-order valence-corrected chi connectivity index (χ1v) is 8.82. The Morgan fingerprint density at radius 2 is 2.04 bits per heavy atom. The molecule has 1 saturated heterocycles. The molecule has 0 bridgehead atoms. The van der Waals surface area contributed by atoms with E-state index in [2.05, 4.69) is 26.1 Å². The first-order valence-electron chi connectivity index (χ1n) is 8.82. The second-order valence-corrected chi connectivity index (χ2v) is 6.99. The molecule has 24 heavy (non-hydrogen) atoms. The van der Waals surface area contributed by atoms with E-state index >= 15 is 0 Å². The van der Waals surface area contributed by atoms with Gasteiger partial charge < -0.3 is 4.90 Å². The van der Waals surface area contributed by atoms with Crippen LogP contribution in [0.1, 0.15) is 36.1 Å². The molecule has 6 nitrogen and oxygen atoms in total. The van der Waals surface area contributed by atoms with Crippen molar-refractivity contribution in [2.24, 2.45) is 5.92 Å². The standard InChI is InChI=1S/C18H23N5O/c1-13-10-19-12-23(18(13)24)11-14-5-7-22(8-6-14)17-9-15-3-2-4-16(15)20-21-17/h9-10,12,14H,2-8,11H2,1H3. The van der Waals surface area contributed by atoms with Crippen molar-refractivity contribution in [3.63, 3.8) is 0 Å². The highest BCUT2D eigenvalue weighted by molar-refractivity contribution is 5.43. The fourth-order valence-corrected chi connectivity index (χ4v) is 3.78. The smallest absolute Gasteiger partial charge is 0.256 e. The maximum absolute atomic E-state index is 12.1. The second kappa shape index (κ2) is 6.34. The first-order chi connectivity index (χ1) is 11.7. The van der Waals surface area contributed by atoms with Gasteiger partial charge in [0, 0.05) is 31.4 Å². The molecule has 1 fully saturated rings. The molecule has 0 N–H and O–H groups in total. The van der Waals surface area contributed by atoms with E-state index in [4.69, 9.17) is 0 Å². The maximum atomic E-state index is 12.1. The minimum atomic E-state index is 0.0805. The molecule has 2 aromatic rings. The quantitative estimate of drug-likeness (QED) is 0.860. The van der Waals surface area contributed by atoms with Crippen molar-refractivity contribution in [3.05, 3.63) is 45.8 Å². The van der Waals surface area contributed by atoms with Gasteiger partial charge >= 0.3 is 0 Å². The van der Waals surface area contributed by atoms with E-state index in [1.54, 1.807) is 17.1 Å². The number of hydrogen-bond donors (Lipinski definition) is 0. The van der Waals surface area contributed by atoms with E-state index in [9.17, 15) is 4.79 Å². The summed E-state index contributed by atoms with van der Waals surface area (Å²) in [7, 11) is 0. The maximum Gasteiger partial charge on any atom is 0.256 e. The van der Waals surface area contributed by atoms with Crippen molar-refractivity contribution in [3.8, 4) is 0 Å². The minimum absolute atomic E-state index is 0.0805. The molecule has 0 spiro atoms. The van der Waals surface area contributed by atoms with Crippen molar-refractivity contribution >= 4 is 5.82 Å². The summed E-state index contributed by atoms with van der Waals surface area (Å²) in [6, 6.07) is 2.23. The third-order valence-corrected chi connectivity index (χ3v) is 5.27. The summed E-state index contributed by atoms with van der Waals surface area (Å²) >= 11 is 0. The van der Waals surface area contributed by atoms with E-state index in [1.807, 2.05) is 6.92 Å². The predicted molar refractivity (Wildman–Crippen MR) is 92.2 cm³/mol. The van der Waals surface area contributed by atoms with E-state index in [0.717, 1.165) is 51.1 Å². The summed E-state index contributed by atoms with van der Waals surface area (Å²) in [5, 5.41) is 8.82. The monoisotopic (exact) mass is 325 g/mol. The van der Waals surface area contributed by atoms with Gasteiger partial charge in [-0.3, -0.25) is 9.36 Å². The summed E-state index contributed by atoms with van der Waals surface area (Å²) in [4.78, 5) is 18.6. The number of hydrogen-bond acceptors (Lipinski definition) is 5. The van der Waals surface area contributed by atoms with E-state index in [1.165, 1.54) is 17.7 Å². The Kier molecular flexibility index (Phi) is 4.04. The Labute approximate surface area is 141 Å². The zero-order chi connectivity index (χ0) is 16.5. The third-order valence-electron chi connectivity index (χ3n) is 5.27. The van der Waals surface area contributed by atoms with Crippen LogP contribution in [0.5, 0.6) is 0 Å². The molecular formula is C18H23N5O. The summed E-state index contributed by atoms with van der Waals surface area (Å²) in [6.45, 7) is 4.54. The highest BCUT2D eigenvalue weighted by atomic mass is 16.1. The number of aromatic nitrogens is 4. The highest BCUT2D eigenvalue weighted by Crippen LogP contribution is 2.26. The van der Waals surface area contributed by atoms with Gasteiger partial charge in [0.2, 0.25) is 0 Å². The molecule has 0 radical (unpaired) electrons. The SMILES string of the molecule is Cc1cncn(CC2CCN(c3cc4c(nn3)CCC4)CC2)c1=O. The molecule has 1 aliphatic carbocycles. The van der Waals surface area contributed by atoms with Crippen molar-refractivity contribution in [2.45, 2.75) is 45.6 Å². The molecule has 3 heterocycles. The van der Waals surface area contributed by atoms with Crippen LogP contribution in [0, 0.1) is 12.8 Å². The van der Waals surface area contributed by atoms with E-state index in [0.29, 0.717) is 11.5 Å². The number of aryl methyl sites for hydroxylation is 3. The van der Waals surface area contributed by atoms with E-state index < -0.39 is 0 Å². The van der Waals surface area contributed by atoms with Crippen LogP contribution in [0.4, 0.5) is 5.82 Å². The van der Waals surface area contributed by atoms with Gasteiger partial charge in [-0.25, -0.2) is 4.98 Å². The number of nitrogens with zero attached hydrogens (tertiary/aromatic N) is 5. The van der Waals surface area contributed by atoms with Crippen LogP contribution in [0.3, 0.4) is 0 Å². The van der Waals surface area contributed by atoms with Crippen LogP contribution in [-0.4, -0.2) is 32.8 Å². The van der Waals surface area contributed by atoms with Gasteiger partial charge in [-0.15, -0.1) is 5.10 Å². The average Bonchev–Trinajstić information content (AvgIpc) is 3.07. The molecule has 0 saturated carbocycles. The topological polar surface area (TPSA) is 63.9 Å². The van der Waals surface area contributed by atoms with Crippen molar-refractivity contribution in [2.75, 3.05) is 18.0 Å². The Morgan fingerprint density at radius 3 is 2.88 bits per heavy atom. The predicted octanol–water partition coefficient (Wildman–Crippen LogP) is 1.75. The fourth-order valence-electron chi connectivity index (χ4n) is 3.78. The van der Waals surface area contributed by atoms with Crippen LogP contribution in [0.15, 0.2) is 23.4 Å². The largest absolute Gasteiger partial charge is 0.355 e. The molecule has 0 atom stereocenters. The lowest BCUT2D eigenvalue weighted by Crippen LogP contribution is -2.37. The zero-order valence-corrected chi connectivity index (χ0v) is 14.1. The fraction of sp³-hybridized carbons (Fsp3) is 0.556. The Bertz CT molecular complexity index is 792. The number of anilines is 1. The number of piperidine rings is 1. The summed E-state index contributed by atoms with van der Waals surface area (Å²) < 4.78 is 1.75. The molecule has 126 valence electrons. The van der Waals surface area contributed by atoms with Gasteiger partial charge in [0.25, 0.3) is 5.56 Å². The lowest BCUT2D eigenvalue weighted by molar-refractivity contribution is 0.349. The summed E-state index contributed by atoms with van der Waals surface area (Å²) in [5.41, 5.74) is 3.35. The van der Waals surface area contributed by atoms with Crippen LogP contribution in [0.25, 0.3) is 0 Å². The molecule has 0 amide bonds. The molecule has 0 unspecified atom stereocenters. The van der Waals surface area contributed by atoms with E-state index in [-0.39, 0.29) is 5.56 Å². The van der Waals surface area contributed by atoms with Crippen LogP contribution >= 0.6 is 0 Å². The van der Waals surface area contributed by atoms with Crippen molar-refractivity contribution in [1.29, 1.82) is 0 Å². The summed E-state index contributed by atoms with van der Waals surface area (Å²) in [6.07, 6.45) is 8.84. The molecule has 6 heteroatoms. The molecule has 4 rings (SSSR count). The Balaban J connectivity index is 1.40. The van der Waals surface area contributed by atoms with Gasteiger partial charge in [0.05, 0.1) is 12.0 Å². The Hall–Kier alpha value is -2.24. The number of rotatable bonds is 3. The van der Waals surface area contributed by atoms with Gasteiger partial charge in [0.15, 0.2) is 5.82 Å². The summed E-state index contributed by atoms with van der Waals surface area (Å²) in [5.74, 6) is 1.54. The first kappa shape index (κ1) is 15.3. The zero-order valence-electron chi connectivity index (χ0n) is 14.1. The third kappa shape index (κ3) is 2.92. The normalized spacial score (nSPS) is 18.0. The molecule has 2 aromatic heterocycles. The lowest BCUT2D eigenvalue weighted by Gasteiger charge is -2.32. The van der Waals surface area contributed by atoms with Crippen LogP contribution < -0.4 is 10.5 Å². The number of fused-ring (bicyclic) bond motifs is 1. The lowest BCUT2D eigenvalue weighted by atomic mass is 9.96. The highest BCUT2D eigenvalue weighted by Gasteiger charge is 2.23. The molecule has 1 aliphatic heterocycles. The average molecular weight is 325 g/mol.